The van der Waals surface area contributed by atoms with Crippen LogP contribution in [0.4, 0.5) is 10.5 Å². The van der Waals surface area contributed by atoms with Gasteiger partial charge in [0.15, 0.2) is 17.4 Å². The number of carbonyl (C=O) groups is 3. The van der Waals surface area contributed by atoms with Crippen LogP contribution in [0.1, 0.15) is 22.2 Å². The highest BCUT2D eigenvalue weighted by atomic mass is 16.6. The van der Waals surface area contributed by atoms with Crippen LogP contribution >= 0.6 is 0 Å². The number of nitrogens with one attached hydrogen (secondary N) is 3. The average molecular weight is 395 g/mol. The molecule has 146 valence electrons. The minimum absolute atomic E-state index is 0.104. The number of aromatic nitrogens is 3. The Morgan fingerprint density at radius 1 is 1.24 bits per heavy atom. The summed E-state index contributed by atoms with van der Waals surface area (Å²) in [6.45, 7) is 0. The van der Waals surface area contributed by atoms with Crippen molar-refractivity contribution >= 4 is 35.3 Å². The monoisotopic (exact) mass is 395 g/mol. The normalized spacial score (nSPS) is 15.7. The Bertz CT molecular complexity index is 1150. The molecule has 4 rings (SSSR count). The number of nitrogens with two attached hydrogens (primary N) is 1. The number of amides is 2. The van der Waals surface area contributed by atoms with Crippen LogP contribution in [0.5, 0.6) is 5.75 Å². The summed E-state index contributed by atoms with van der Waals surface area (Å²) in [4.78, 5) is 39.6. The number of imide groups is 1. The van der Waals surface area contributed by atoms with Gasteiger partial charge >= 0.3 is 12.1 Å². The smallest absolute Gasteiger partial charge is 0.415 e. The number of anilines is 1. The van der Waals surface area contributed by atoms with E-state index in [-0.39, 0.29) is 28.6 Å². The quantitative estimate of drug-likeness (QED) is 0.279. The highest BCUT2D eigenvalue weighted by molar-refractivity contribution is 6.00. The number of nitrogens with zero attached hydrogens (tertiary/aromatic N) is 3. The van der Waals surface area contributed by atoms with Crippen molar-refractivity contribution in [3.05, 3.63) is 54.0 Å². The van der Waals surface area contributed by atoms with Crippen molar-refractivity contribution in [2.45, 2.75) is 6.10 Å². The maximum Gasteiger partial charge on any atom is 0.415 e. The van der Waals surface area contributed by atoms with E-state index in [4.69, 9.17) is 20.6 Å². The van der Waals surface area contributed by atoms with Crippen molar-refractivity contribution in [1.29, 1.82) is 5.41 Å². The highest BCUT2D eigenvalue weighted by Gasteiger charge is 2.36. The Morgan fingerprint density at radius 3 is 2.66 bits per heavy atom. The van der Waals surface area contributed by atoms with Crippen LogP contribution in [0.2, 0.25) is 0 Å². The summed E-state index contributed by atoms with van der Waals surface area (Å²) >= 11 is 0. The molecule has 1 aliphatic rings. The first kappa shape index (κ1) is 17.9. The van der Waals surface area contributed by atoms with Gasteiger partial charge in [0.05, 0.1) is 11.3 Å². The molecule has 2 aromatic heterocycles. The lowest BCUT2D eigenvalue weighted by Crippen LogP contribution is -2.21. The van der Waals surface area contributed by atoms with Gasteiger partial charge in [-0.25, -0.2) is 19.1 Å². The third-order valence-electron chi connectivity index (χ3n) is 3.98. The van der Waals surface area contributed by atoms with Crippen molar-refractivity contribution in [1.82, 2.24) is 19.9 Å². The molecule has 0 spiro atoms. The van der Waals surface area contributed by atoms with Crippen LogP contribution in [0.15, 0.2) is 42.7 Å². The number of hydrogen-bond acceptors (Lipinski definition) is 8. The van der Waals surface area contributed by atoms with E-state index >= 15 is 0 Å². The van der Waals surface area contributed by atoms with Crippen LogP contribution in [0.3, 0.4) is 0 Å². The average Bonchev–Trinajstić information content (AvgIpc) is 3.29. The lowest BCUT2D eigenvalue weighted by molar-refractivity contribution is -0.123. The summed E-state index contributed by atoms with van der Waals surface area (Å²) in [6.07, 6.45) is -0.822. The first-order chi connectivity index (χ1) is 13.9. The Labute approximate surface area is 162 Å². The molecule has 1 aromatic carbocycles. The second-order valence-corrected chi connectivity index (χ2v) is 5.90. The maximum atomic E-state index is 12.4. The Balaban J connectivity index is 1.59. The number of fused-ring (bicyclic) bond motifs is 1. The van der Waals surface area contributed by atoms with E-state index < -0.39 is 24.1 Å². The van der Waals surface area contributed by atoms with E-state index in [2.05, 4.69) is 15.4 Å². The second kappa shape index (κ2) is 6.92. The van der Waals surface area contributed by atoms with Gasteiger partial charge in [0, 0.05) is 5.69 Å². The van der Waals surface area contributed by atoms with Crippen molar-refractivity contribution < 1.29 is 23.9 Å². The van der Waals surface area contributed by atoms with Crippen LogP contribution in [0, 0.1) is 5.41 Å². The SMILES string of the molecule is N=C(N)Nc1ccc(C(=O)Oc2ccc(C3OC(=O)NC3=O)n3ncnc23)cc1. The zero-order valence-electron chi connectivity index (χ0n) is 14.6. The molecule has 0 aliphatic carbocycles. The third kappa shape index (κ3) is 3.41. The van der Waals surface area contributed by atoms with Gasteiger partial charge in [-0.15, -0.1) is 0 Å². The zero-order valence-corrected chi connectivity index (χ0v) is 14.6. The van der Waals surface area contributed by atoms with Gasteiger partial charge in [-0.05, 0) is 36.4 Å². The minimum Gasteiger partial charge on any atom is -0.429 e. The fourth-order valence-electron chi connectivity index (χ4n) is 2.74. The lowest BCUT2D eigenvalue weighted by Gasteiger charge is -2.11. The number of ether oxygens (including phenoxy) is 2. The lowest BCUT2D eigenvalue weighted by atomic mass is 10.2. The molecule has 29 heavy (non-hydrogen) atoms. The number of benzene rings is 1. The second-order valence-electron chi connectivity index (χ2n) is 5.90. The Hall–Kier alpha value is -4.48. The molecule has 1 unspecified atom stereocenters. The van der Waals surface area contributed by atoms with Gasteiger partial charge in [0.25, 0.3) is 5.91 Å². The Morgan fingerprint density at radius 2 is 2.00 bits per heavy atom. The molecular formula is C17H13N7O5. The molecule has 12 heteroatoms. The number of pyridine rings is 1. The van der Waals surface area contributed by atoms with Gasteiger partial charge < -0.3 is 20.5 Å². The number of esters is 1. The number of carbonyl (C=O) groups excluding carboxylic acids is 3. The largest absolute Gasteiger partial charge is 0.429 e. The summed E-state index contributed by atoms with van der Waals surface area (Å²) in [5, 5.41) is 15.8. The molecule has 0 radical (unpaired) electrons. The van der Waals surface area contributed by atoms with E-state index in [1.54, 1.807) is 12.1 Å². The molecule has 3 heterocycles. The molecule has 1 fully saturated rings. The highest BCUT2D eigenvalue weighted by Crippen LogP contribution is 2.27. The summed E-state index contributed by atoms with van der Waals surface area (Å²) in [6, 6.07) is 9.04. The minimum atomic E-state index is -1.18. The molecule has 2 amide bonds. The summed E-state index contributed by atoms with van der Waals surface area (Å²) in [5.74, 6) is -1.40. The zero-order chi connectivity index (χ0) is 20.5. The number of rotatable bonds is 4. The third-order valence-corrected chi connectivity index (χ3v) is 3.98. The number of alkyl carbamates (subject to hydrolysis) is 1. The standard InChI is InChI=1S/C17H13N7O5/c18-16(19)22-9-3-1-8(2-4-9)15(26)28-11-6-5-10(24-13(11)20-7-21-24)12-14(25)23-17(27)29-12/h1-7,12H,(H4,18,19,22)(H,23,25,27). The van der Waals surface area contributed by atoms with Crippen LogP contribution in [0.25, 0.3) is 5.65 Å². The molecule has 1 saturated heterocycles. The van der Waals surface area contributed by atoms with E-state index in [1.165, 1.54) is 35.1 Å². The summed E-state index contributed by atoms with van der Waals surface area (Å²) < 4.78 is 11.6. The molecule has 1 atom stereocenters. The van der Waals surface area contributed by atoms with E-state index in [0.717, 1.165) is 0 Å². The molecular weight excluding hydrogens is 382 g/mol. The van der Waals surface area contributed by atoms with Crippen molar-refractivity contribution in [3.8, 4) is 5.75 Å². The van der Waals surface area contributed by atoms with E-state index in [0.29, 0.717) is 5.69 Å². The van der Waals surface area contributed by atoms with Gasteiger partial charge in [0.1, 0.15) is 6.33 Å². The van der Waals surface area contributed by atoms with Crippen LogP contribution in [-0.4, -0.2) is 38.5 Å². The molecule has 5 N–H and O–H groups in total. The first-order valence-corrected chi connectivity index (χ1v) is 8.20. The van der Waals surface area contributed by atoms with Crippen LogP contribution < -0.4 is 21.1 Å². The molecule has 0 bridgehead atoms. The van der Waals surface area contributed by atoms with Crippen molar-refractivity contribution in [2.24, 2.45) is 5.73 Å². The van der Waals surface area contributed by atoms with Crippen molar-refractivity contribution in [3.63, 3.8) is 0 Å². The first-order valence-electron chi connectivity index (χ1n) is 8.20. The molecule has 1 aliphatic heterocycles. The van der Waals surface area contributed by atoms with Gasteiger partial charge in [0.2, 0.25) is 6.10 Å². The molecule has 0 saturated carbocycles. The fourth-order valence-corrected chi connectivity index (χ4v) is 2.74. The number of guanidine groups is 1. The van der Waals surface area contributed by atoms with Crippen molar-refractivity contribution in [2.75, 3.05) is 5.32 Å². The Kier molecular flexibility index (Phi) is 4.27. The topological polar surface area (TPSA) is 174 Å². The number of hydrogen-bond donors (Lipinski definition) is 4. The van der Waals surface area contributed by atoms with Crippen LogP contribution in [-0.2, 0) is 9.53 Å². The van der Waals surface area contributed by atoms with Gasteiger partial charge in [-0.3, -0.25) is 15.5 Å². The van der Waals surface area contributed by atoms with E-state index in [9.17, 15) is 14.4 Å². The van der Waals surface area contributed by atoms with Gasteiger partial charge in [-0.1, -0.05) is 0 Å². The predicted octanol–water partition coefficient (Wildman–Crippen LogP) is 0.561. The molecule has 3 aromatic rings. The fraction of sp³-hybridized carbons (Fsp3) is 0.0588. The van der Waals surface area contributed by atoms with Gasteiger partial charge in [-0.2, -0.15) is 5.10 Å². The predicted molar refractivity (Wildman–Crippen MR) is 97.3 cm³/mol. The maximum absolute atomic E-state index is 12.4. The van der Waals surface area contributed by atoms with E-state index in [1.807, 2.05) is 5.32 Å². The molecule has 12 nitrogen and oxygen atoms in total. The summed E-state index contributed by atoms with van der Waals surface area (Å²) in [5.41, 5.74) is 6.47. The number of cyclic esters (lactones) is 1. The summed E-state index contributed by atoms with van der Waals surface area (Å²) in [7, 11) is 0.